The minimum atomic E-state index is 0.0336. The molecule has 1 aromatic rings. The van der Waals surface area contributed by atoms with E-state index in [9.17, 15) is 0 Å². The predicted molar refractivity (Wildman–Crippen MR) is 58.5 cm³/mol. The van der Waals surface area contributed by atoms with Crippen LogP contribution in [0.4, 0.5) is 0 Å². The topological polar surface area (TPSA) is 53.1 Å². The molecule has 4 heteroatoms. The van der Waals surface area contributed by atoms with Gasteiger partial charge in [0.25, 0.3) is 0 Å². The third-order valence-electron chi connectivity index (χ3n) is 2.85. The van der Waals surface area contributed by atoms with Crippen molar-refractivity contribution in [1.82, 2.24) is 9.78 Å². The lowest BCUT2D eigenvalue weighted by molar-refractivity contribution is 0.0000795. The van der Waals surface area contributed by atoms with Gasteiger partial charge in [0.1, 0.15) is 6.10 Å². The van der Waals surface area contributed by atoms with Crippen molar-refractivity contribution in [2.24, 2.45) is 5.73 Å². The van der Waals surface area contributed by atoms with E-state index in [2.05, 4.69) is 18.9 Å². The molecule has 0 aromatic carbocycles. The minimum absolute atomic E-state index is 0.0336. The number of hydrogen-bond acceptors (Lipinski definition) is 3. The molecule has 1 fully saturated rings. The second kappa shape index (κ2) is 4.33. The fourth-order valence-corrected chi connectivity index (χ4v) is 1.93. The van der Waals surface area contributed by atoms with E-state index in [0.717, 1.165) is 25.0 Å². The Morgan fingerprint density at radius 3 is 3.00 bits per heavy atom. The monoisotopic (exact) mass is 209 g/mol. The molecule has 15 heavy (non-hydrogen) atoms. The first-order chi connectivity index (χ1) is 7.18. The molecule has 1 aliphatic rings. The average Bonchev–Trinajstić information content (AvgIpc) is 2.67. The molecule has 84 valence electrons. The molecule has 2 N–H and O–H groups in total. The van der Waals surface area contributed by atoms with Crippen LogP contribution in [0.25, 0.3) is 0 Å². The average molecular weight is 209 g/mol. The van der Waals surface area contributed by atoms with Gasteiger partial charge in [0.05, 0.1) is 6.20 Å². The van der Waals surface area contributed by atoms with Gasteiger partial charge in [0.2, 0.25) is 0 Å². The Morgan fingerprint density at radius 1 is 1.60 bits per heavy atom. The van der Waals surface area contributed by atoms with Gasteiger partial charge in [-0.05, 0) is 26.7 Å². The highest BCUT2D eigenvalue weighted by Gasteiger charge is 2.25. The van der Waals surface area contributed by atoms with Gasteiger partial charge in [-0.3, -0.25) is 4.68 Å². The second-order valence-electron chi connectivity index (χ2n) is 4.44. The molecule has 1 aliphatic heterocycles. The summed E-state index contributed by atoms with van der Waals surface area (Å²) in [6, 6.07) is 0.502. The van der Waals surface area contributed by atoms with Crippen molar-refractivity contribution < 1.29 is 4.74 Å². The van der Waals surface area contributed by atoms with E-state index in [1.54, 1.807) is 0 Å². The van der Waals surface area contributed by atoms with Gasteiger partial charge in [-0.2, -0.15) is 5.10 Å². The normalized spacial score (nSPS) is 27.2. The molecule has 0 amide bonds. The van der Waals surface area contributed by atoms with Crippen molar-refractivity contribution in [2.75, 3.05) is 6.61 Å². The standard InChI is InChI=1S/C11H19N3O/c1-8(2)14-7-9(6-13-14)11-10(12)4-3-5-15-11/h6-8,10-11H,3-5,12H2,1-2H3. The lowest BCUT2D eigenvalue weighted by Crippen LogP contribution is -2.34. The molecule has 0 aliphatic carbocycles. The van der Waals surface area contributed by atoms with Crippen molar-refractivity contribution in [2.45, 2.75) is 44.9 Å². The van der Waals surface area contributed by atoms with Gasteiger partial charge in [0.15, 0.2) is 0 Å². The summed E-state index contributed by atoms with van der Waals surface area (Å²) in [6.45, 7) is 5.03. The molecule has 0 bridgehead atoms. The van der Waals surface area contributed by atoms with Gasteiger partial charge in [0, 0.05) is 30.5 Å². The summed E-state index contributed by atoms with van der Waals surface area (Å²) < 4.78 is 7.64. The Labute approximate surface area is 90.4 Å². The third kappa shape index (κ3) is 2.21. The Hall–Kier alpha value is -0.870. The highest BCUT2D eigenvalue weighted by atomic mass is 16.5. The van der Waals surface area contributed by atoms with Crippen molar-refractivity contribution in [3.63, 3.8) is 0 Å². The summed E-state index contributed by atoms with van der Waals surface area (Å²) >= 11 is 0. The minimum Gasteiger partial charge on any atom is -0.372 e. The highest BCUT2D eigenvalue weighted by Crippen LogP contribution is 2.27. The van der Waals surface area contributed by atoms with Crippen LogP contribution in [0.2, 0.25) is 0 Å². The summed E-state index contributed by atoms with van der Waals surface area (Å²) in [7, 11) is 0. The van der Waals surface area contributed by atoms with E-state index in [4.69, 9.17) is 10.5 Å². The number of ether oxygens (including phenoxy) is 1. The summed E-state index contributed by atoms with van der Waals surface area (Å²) in [5.74, 6) is 0. The van der Waals surface area contributed by atoms with Crippen molar-refractivity contribution in [3.8, 4) is 0 Å². The van der Waals surface area contributed by atoms with Crippen LogP contribution in [-0.4, -0.2) is 22.4 Å². The Bertz CT molecular complexity index is 321. The first kappa shape index (κ1) is 10.6. The molecule has 2 heterocycles. The van der Waals surface area contributed by atoms with E-state index in [1.807, 2.05) is 17.1 Å². The molecule has 2 atom stereocenters. The van der Waals surface area contributed by atoms with Crippen LogP contribution in [0.3, 0.4) is 0 Å². The molecule has 2 rings (SSSR count). The van der Waals surface area contributed by atoms with E-state index in [-0.39, 0.29) is 12.1 Å². The number of aromatic nitrogens is 2. The smallest absolute Gasteiger partial charge is 0.101 e. The van der Waals surface area contributed by atoms with Crippen LogP contribution in [0, 0.1) is 0 Å². The lowest BCUT2D eigenvalue weighted by Gasteiger charge is -2.28. The quantitative estimate of drug-likeness (QED) is 0.805. The molecular weight excluding hydrogens is 190 g/mol. The first-order valence-electron chi connectivity index (χ1n) is 5.59. The van der Waals surface area contributed by atoms with Crippen molar-refractivity contribution in [3.05, 3.63) is 18.0 Å². The molecule has 0 radical (unpaired) electrons. The molecular formula is C11H19N3O. The molecule has 1 aromatic heterocycles. The Kier molecular flexibility index (Phi) is 3.07. The third-order valence-corrected chi connectivity index (χ3v) is 2.85. The fraction of sp³-hybridized carbons (Fsp3) is 0.727. The molecule has 0 saturated carbocycles. The van der Waals surface area contributed by atoms with Crippen LogP contribution in [0.5, 0.6) is 0 Å². The van der Waals surface area contributed by atoms with Crippen molar-refractivity contribution >= 4 is 0 Å². The van der Waals surface area contributed by atoms with Gasteiger partial charge < -0.3 is 10.5 Å². The Morgan fingerprint density at radius 2 is 2.40 bits per heavy atom. The molecule has 0 spiro atoms. The number of nitrogens with zero attached hydrogens (tertiary/aromatic N) is 2. The summed E-state index contributed by atoms with van der Waals surface area (Å²) in [6.07, 6.45) is 6.05. The number of nitrogens with two attached hydrogens (primary N) is 1. The maximum atomic E-state index is 6.03. The zero-order chi connectivity index (χ0) is 10.8. The van der Waals surface area contributed by atoms with Crippen LogP contribution in [0.1, 0.15) is 44.4 Å². The summed E-state index contributed by atoms with van der Waals surface area (Å²) in [5.41, 5.74) is 7.14. The van der Waals surface area contributed by atoms with Crippen LogP contribution in [-0.2, 0) is 4.74 Å². The summed E-state index contributed by atoms with van der Waals surface area (Å²) in [4.78, 5) is 0. The first-order valence-corrected chi connectivity index (χ1v) is 5.59. The maximum Gasteiger partial charge on any atom is 0.101 e. The molecule has 2 unspecified atom stereocenters. The van der Waals surface area contributed by atoms with Gasteiger partial charge >= 0.3 is 0 Å². The number of rotatable bonds is 2. The number of hydrogen-bond donors (Lipinski definition) is 1. The van der Waals surface area contributed by atoms with Gasteiger partial charge in [-0.15, -0.1) is 0 Å². The van der Waals surface area contributed by atoms with E-state index < -0.39 is 0 Å². The van der Waals surface area contributed by atoms with Gasteiger partial charge in [-0.25, -0.2) is 0 Å². The van der Waals surface area contributed by atoms with Crippen LogP contribution < -0.4 is 5.73 Å². The van der Waals surface area contributed by atoms with Gasteiger partial charge in [-0.1, -0.05) is 0 Å². The second-order valence-corrected chi connectivity index (χ2v) is 4.44. The van der Waals surface area contributed by atoms with E-state index >= 15 is 0 Å². The zero-order valence-electron chi connectivity index (χ0n) is 9.39. The van der Waals surface area contributed by atoms with Crippen molar-refractivity contribution in [1.29, 1.82) is 0 Å². The van der Waals surface area contributed by atoms with E-state index in [0.29, 0.717) is 6.04 Å². The van der Waals surface area contributed by atoms with E-state index in [1.165, 1.54) is 0 Å². The molecule has 1 saturated heterocycles. The SMILES string of the molecule is CC(C)n1cc(C2OCCCC2N)cn1. The maximum absolute atomic E-state index is 6.03. The zero-order valence-corrected chi connectivity index (χ0v) is 9.39. The predicted octanol–water partition coefficient (Wildman–Crippen LogP) is 1.64. The summed E-state index contributed by atoms with van der Waals surface area (Å²) in [5, 5.41) is 4.31. The van der Waals surface area contributed by atoms with Crippen LogP contribution >= 0.6 is 0 Å². The Balaban J connectivity index is 2.13. The largest absolute Gasteiger partial charge is 0.372 e. The fourth-order valence-electron chi connectivity index (χ4n) is 1.93. The van der Waals surface area contributed by atoms with Crippen LogP contribution in [0.15, 0.2) is 12.4 Å². The highest BCUT2D eigenvalue weighted by molar-refractivity contribution is 5.12. The molecule has 4 nitrogen and oxygen atoms in total. The lowest BCUT2D eigenvalue weighted by atomic mass is 9.99.